The number of benzene rings is 2. The van der Waals surface area contributed by atoms with Gasteiger partial charge >= 0.3 is 0 Å². The number of hydrogen-bond acceptors (Lipinski definition) is 4. The van der Waals surface area contributed by atoms with Crippen LogP contribution in [0, 0.1) is 13.7 Å². The van der Waals surface area contributed by atoms with Gasteiger partial charge in [-0.2, -0.15) is 0 Å². The normalized spacial score (nSPS) is 15.3. The second-order valence-electron chi connectivity index (χ2n) is 6.56. The summed E-state index contributed by atoms with van der Waals surface area (Å²) < 4.78 is 0.994. The summed E-state index contributed by atoms with van der Waals surface area (Å²) in [5.74, 6) is -1.06. The van der Waals surface area contributed by atoms with Crippen LogP contribution in [0.1, 0.15) is 11.3 Å². The Morgan fingerprint density at radius 2 is 1.77 bits per heavy atom. The molecule has 1 aliphatic heterocycles. The fraction of sp³-hybridized carbons (Fsp3) is 0.0476. The van der Waals surface area contributed by atoms with Gasteiger partial charge in [0.25, 0.3) is 17.5 Å². The molecule has 0 saturated carbocycles. The Morgan fingerprint density at radius 3 is 2.43 bits per heavy atom. The molecule has 2 N–H and O–H groups in total. The van der Waals surface area contributed by atoms with E-state index in [1.165, 1.54) is 11.1 Å². The van der Waals surface area contributed by atoms with Crippen LogP contribution in [0.4, 0.5) is 11.4 Å². The summed E-state index contributed by atoms with van der Waals surface area (Å²) in [6.07, 6.45) is 1.72. The number of halogens is 1. The summed E-state index contributed by atoms with van der Waals surface area (Å²) >= 11 is 2.15. The van der Waals surface area contributed by atoms with Crippen LogP contribution in [0.25, 0.3) is 5.57 Å². The van der Waals surface area contributed by atoms with E-state index in [9.17, 15) is 19.7 Å². The minimum absolute atomic E-state index is 0.0471. The largest absolute Gasteiger partial charge is 0.361 e. The fourth-order valence-corrected chi connectivity index (χ4v) is 3.68. The zero-order valence-corrected chi connectivity index (χ0v) is 17.6. The van der Waals surface area contributed by atoms with Gasteiger partial charge in [0.05, 0.1) is 10.6 Å². The van der Waals surface area contributed by atoms with Gasteiger partial charge in [0.2, 0.25) is 0 Å². The van der Waals surface area contributed by atoms with Gasteiger partial charge in [-0.15, -0.1) is 0 Å². The van der Waals surface area contributed by atoms with Crippen molar-refractivity contribution >= 4 is 51.4 Å². The number of rotatable bonds is 5. The molecule has 0 atom stereocenters. The highest BCUT2D eigenvalue weighted by Gasteiger charge is 2.38. The van der Waals surface area contributed by atoms with E-state index in [1.54, 1.807) is 48.7 Å². The average molecular weight is 514 g/mol. The Balaban J connectivity index is 1.81. The van der Waals surface area contributed by atoms with Crippen molar-refractivity contribution in [1.82, 2.24) is 10.4 Å². The standard InChI is InChI=1S/C21H15IN4O4/c22-14-7-9-15(10-8-14)25-21(28)19(20(27)24-25)16(17-5-3-11-23-17)12-13-4-1-2-6-18(13)26(29)30/h1-11,23H,12H2,(H,24,27). The van der Waals surface area contributed by atoms with Crippen LogP contribution in [0.15, 0.2) is 72.4 Å². The first-order chi connectivity index (χ1) is 14.5. The number of aromatic nitrogens is 1. The molecule has 2 amide bonds. The van der Waals surface area contributed by atoms with Crippen molar-refractivity contribution in [3.63, 3.8) is 0 Å². The number of allylic oxidation sites excluding steroid dienone is 1. The zero-order chi connectivity index (χ0) is 21.3. The van der Waals surface area contributed by atoms with Crippen LogP contribution in [-0.4, -0.2) is 21.7 Å². The molecule has 1 saturated heterocycles. The van der Waals surface area contributed by atoms with E-state index in [4.69, 9.17) is 0 Å². The van der Waals surface area contributed by atoms with Crippen LogP contribution < -0.4 is 10.4 Å². The van der Waals surface area contributed by atoms with Gasteiger partial charge in [-0.05, 0) is 64.6 Å². The lowest BCUT2D eigenvalue weighted by molar-refractivity contribution is -0.385. The Bertz CT molecular complexity index is 1170. The summed E-state index contributed by atoms with van der Waals surface area (Å²) in [5, 5.41) is 12.6. The topological polar surface area (TPSA) is 108 Å². The first-order valence-corrected chi connectivity index (χ1v) is 10.0. The van der Waals surface area contributed by atoms with Crippen molar-refractivity contribution < 1.29 is 14.5 Å². The maximum atomic E-state index is 13.2. The predicted octanol–water partition coefficient (Wildman–Crippen LogP) is 3.60. The van der Waals surface area contributed by atoms with Gasteiger partial charge < -0.3 is 4.98 Å². The average Bonchev–Trinajstić information content (AvgIpc) is 3.36. The number of anilines is 1. The monoisotopic (exact) mass is 514 g/mol. The number of nitro groups is 1. The molecule has 0 unspecified atom stereocenters. The van der Waals surface area contributed by atoms with E-state index in [0.29, 0.717) is 22.5 Å². The number of amides is 2. The molecule has 2 heterocycles. The molecule has 30 heavy (non-hydrogen) atoms. The molecule has 8 nitrogen and oxygen atoms in total. The first kappa shape index (κ1) is 19.8. The number of hydrogen-bond donors (Lipinski definition) is 2. The number of aromatic amines is 1. The lowest BCUT2D eigenvalue weighted by Gasteiger charge is -2.14. The quantitative estimate of drug-likeness (QED) is 0.178. The second-order valence-corrected chi connectivity index (χ2v) is 7.80. The highest BCUT2D eigenvalue weighted by atomic mass is 127. The summed E-state index contributed by atoms with van der Waals surface area (Å²) in [6, 6.07) is 16.9. The van der Waals surface area contributed by atoms with E-state index in [1.807, 2.05) is 12.1 Å². The molecule has 0 radical (unpaired) electrons. The van der Waals surface area contributed by atoms with Crippen molar-refractivity contribution in [2.75, 3.05) is 5.01 Å². The third-order valence-electron chi connectivity index (χ3n) is 4.72. The Kier molecular flexibility index (Phi) is 5.36. The van der Waals surface area contributed by atoms with E-state index in [2.05, 4.69) is 33.0 Å². The lowest BCUT2D eigenvalue weighted by atomic mass is 9.95. The Hall–Kier alpha value is -3.47. The van der Waals surface area contributed by atoms with Gasteiger partial charge in [0, 0.05) is 33.5 Å². The smallest absolute Gasteiger partial charge is 0.283 e. The van der Waals surface area contributed by atoms with Crippen LogP contribution >= 0.6 is 22.6 Å². The van der Waals surface area contributed by atoms with Gasteiger partial charge in [-0.25, -0.2) is 5.01 Å². The third kappa shape index (κ3) is 3.71. The minimum atomic E-state index is -0.554. The van der Waals surface area contributed by atoms with Crippen molar-refractivity contribution in [2.45, 2.75) is 6.42 Å². The summed E-state index contributed by atoms with van der Waals surface area (Å²) in [7, 11) is 0. The molecule has 0 aliphatic carbocycles. The molecule has 0 bridgehead atoms. The maximum absolute atomic E-state index is 13.2. The fourth-order valence-electron chi connectivity index (χ4n) is 3.32. The molecule has 0 spiro atoms. The van der Waals surface area contributed by atoms with E-state index < -0.39 is 16.7 Å². The SMILES string of the molecule is O=C1NN(c2ccc(I)cc2)C(=O)C1=C(Cc1ccccc1[N+](=O)[O-])c1ccc[nH]1. The Morgan fingerprint density at radius 1 is 1.03 bits per heavy atom. The number of H-pyrrole nitrogens is 1. The highest BCUT2D eigenvalue weighted by molar-refractivity contribution is 14.1. The van der Waals surface area contributed by atoms with Crippen LogP contribution in [0.2, 0.25) is 0 Å². The van der Waals surface area contributed by atoms with Crippen molar-refractivity contribution in [1.29, 1.82) is 0 Å². The van der Waals surface area contributed by atoms with Gasteiger partial charge in [0.1, 0.15) is 5.57 Å². The molecule has 150 valence electrons. The number of nitrogens with zero attached hydrogens (tertiary/aromatic N) is 2. The number of carbonyl (C=O) groups excluding carboxylic acids is 2. The van der Waals surface area contributed by atoms with E-state index in [0.717, 1.165) is 3.57 Å². The molecule has 9 heteroatoms. The molecule has 3 aromatic rings. The number of nitro benzene ring substituents is 1. The zero-order valence-electron chi connectivity index (χ0n) is 15.5. The highest BCUT2D eigenvalue weighted by Crippen LogP contribution is 2.31. The van der Waals surface area contributed by atoms with Crippen LogP contribution in [0.5, 0.6) is 0 Å². The number of carbonyl (C=O) groups is 2. The van der Waals surface area contributed by atoms with Crippen molar-refractivity contribution in [3.05, 3.63) is 97.4 Å². The summed E-state index contributed by atoms with van der Waals surface area (Å²) in [6.45, 7) is 0. The molecular formula is C21H15IN4O4. The summed E-state index contributed by atoms with van der Waals surface area (Å²) in [4.78, 5) is 39.9. The molecule has 1 aromatic heterocycles. The van der Waals surface area contributed by atoms with Crippen LogP contribution in [0.3, 0.4) is 0 Å². The lowest BCUT2D eigenvalue weighted by Crippen LogP contribution is -2.35. The van der Waals surface area contributed by atoms with Gasteiger partial charge in [-0.3, -0.25) is 25.1 Å². The maximum Gasteiger partial charge on any atom is 0.283 e. The molecule has 1 aliphatic rings. The van der Waals surface area contributed by atoms with E-state index >= 15 is 0 Å². The van der Waals surface area contributed by atoms with E-state index in [-0.39, 0.29) is 17.7 Å². The number of hydrazine groups is 1. The molecular weight excluding hydrogens is 499 g/mol. The van der Waals surface area contributed by atoms with Crippen LogP contribution in [-0.2, 0) is 16.0 Å². The Labute approximate surface area is 184 Å². The van der Waals surface area contributed by atoms with Gasteiger partial charge in [0.15, 0.2) is 0 Å². The van der Waals surface area contributed by atoms with Gasteiger partial charge in [-0.1, -0.05) is 18.2 Å². The predicted molar refractivity (Wildman–Crippen MR) is 119 cm³/mol. The number of nitrogens with one attached hydrogen (secondary N) is 2. The minimum Gasteiger partial charge on any atom is -0.361 e. The molecule has 4 rings (SSSR count). The van der Waals surface area contributed by atoms with Crippen molar-refractivity contribution in [2.24, 2.45) is 0 Å². The molecule has 1 fully saturated rings. The number of para-hydroxylation sites is 1. The van der Waals surface area contributed by atoms with Crippen molar-refractivity contribution in [3.8, 4) is 0 Å². The molecule has 2 aromatic carbocycles. The second kappa shape index (κ2) is 8.11. The summed E-state index contributed by atoms with van der Waals surface area (Å²) in [5.41, 5.74) is 4.36. The third-order valence-corrected chi connectivity index (χ3v) is 5.44. The first-order valence-electron chi connectivity index (χ1n) is 8.96.